The Balaban J connectivity index is 2.20. The Hall–Kier alpha value is -1.71. The van der Waals surface area contributed by atoms with E-state index in [0.717, 1.165) is 28.0 Å². The number of aryl methyl sites for hydroxylation is 1. The number of nitrogens with one attached hydrogen (secondary N) is 1. The SMILES string of the molecule is Cc1cc(O)ccc1-c1nc2cc(Cl)c(Cl)cc2[nH]1. The topological polar surface area (TPSA) is 48.9 Å². The summed E-state index contributed by atoms with van der Waals surface area (Å²) >= 11 is 12.0. The van der Waals surface area contributed by atoms with E-state index in [-0.39, 0.29) is 5.75 Å². The molecule has 0 saturated heterocycles. The summed E-state index contributed by atoms with van der Waals surface area (Å²) in [5, 5.41) is 10.4. The Morgan fingerprint density at radius 3 is 2.58 bits per heavy atom. The summed E-state index contributed by atoms with van der Waals surface area (Å²) in [6.45, 7) is 1.92. The van der Waals surface area contributed by atoms with E-state index in [1.54, 1.807) is 24.3 Å². The minimum absolute atomic E-state index is 0.239. The highest BCUT2D eigenvalue weighted by Crippen LogP contribution is 2.30. The van der Waals surface area contributed by atoms with Crippen molar-refractivity contribution in [1.29, 1.82) is 0 Å². The molecule has 0 radical (unpaired) electrons. The number of imidazole rings is 1. The van der Waals surface area contributed by atoms with E-state index in [4.69, 9.17) is 23.2 Å². The van der Waals surface area contributed by atoms with Gasteiger partial charge in [0.2, 0.25) is 0 Å². The molecule has 0 aliphatic rings. The molecule has 0 amide bonds. The Bertz CT molecular complexity index is 741. The van der Waals surface area contributed by atoms with E-state index in [0.29, 0.717) is 10.0 Å². The van der Waals surface area contributed by atoms with Crippen molar-refractivity contribution in [2.75, 3.05) is 0 Å². The minimum atomic E-state index is 0.239. The fourth-order valence-electron chi connectivity index (χ4n) is 2.05. The van der Waals surface area contributed by atoms with Gasteiger partial charge in [0.25, 0.3) is 0 Å². The van der Waals surface area contributed by atoms with Crippen LogP contribution in [0.5, 0.6) is 5.75 Å². The van der Waals surface area contributed by atoms with Crippen molar-refractivity contribution in [2.45, 2.75) is 6.92 Å². The number of hydrogen-bond acceptors (Lipinski definition) is 2. The molecule has 0 unspecified atom stereocenters. The monoisotopic (exact) mass is 292 g/mol. The van der Waals surface area contributed by atoms with E-state index in [1.165, 1.54) is 0 Å². The molecule has 3 nitrogen and oxygen atoms in total. The summed E-state index contributed by atoms with van der Waals surface area (Å²) in [4.78, 5) is 7.70. The van der Waals surface area contributed by atoms with Gasteiger partial charge in [-0.1, -0.05) is 23.2 Å². The number of aromatic amines is 1. The normalized spacial score (nSPS) is 11.1. The lowest BCUT2D eigenvalue weighted by Gasteiger charge is -2.02. The minimum Gasteiger partial charge on any atom is -0.508 e. The summed E-state index contributed by atoms with van der Waals surface area (Å²) in [7, 11) is 0. The number of hydrogen-bond donors (Lipinski definition) is 2. The van der Waals surface area contributed by atoms with Gasteiger partial charge in [0.05, 0.1) is 21.1 Å². The molecular formula is C14H10Cl2N2O. The van der Waals surface area contributed by atoms with Crippen molar-refractivity contribution < 1.29 is 5.11 Å². The van der Waals surface area contributed by atoms with Crippen LogP contribution in [0.4, 0.5) is 0 Å². The van der Waals surface area contributed by atoms with Crippen molar-refractivity contribution in [2.24, 2.45) is 0 Å². The van der Waals surface area contributed by atoms with Crippen LogP contribution >= 0.6 is 23.2 Å². The first-order chi connectivity index (χ1) is 9.04. The summed E-state index contributed by atoms with van der Waals surface area (Å²) in [5.41, 5.74) is 3.46. The van der Waals surface area contributed by atoms with Crippen molar-refractivity contribution in [3.05, 3.63) is 45.9 Å². The highest BCUT2D eigenvalue weighted by atomic mass is 35.5. The summed E-state index contributed by atoms with van der Waals surface area (Å²) in [6, 6.07) is 8.64. The van der Waals surface area contributed by atoms with Crippen LogP contribution in [0.2, 0.25) is 10.0 Å². The molecule has 3 aromatic rings. The number of benzene rings is 2. The van der Waals surface area contributed by atoms with Gasteiger partial charge in [-0.25, -0.2) is 4.98 Å². The molecule has 0 spiro atoms. The number of H-pyrrole nitrogens is 1. The molecule has 0 aliphatic carbocycles. The second-order valence-electron chi connectivity index (χ2n) is 4.37. The van der Waals surface area contributed by atoms with E-state index in [1.807, 2.05) is 13.0 Å². The van der Waals surface area contributed by atoms with Gasteiger partial charge in [0.15, 0.2) is 0 Å². The van der Waals surface area contributed by atoms with Gasteiger partial charge in [-0.05, 0) is 42.8 Å². The zero-order valence-electron chi connectivity index (χ0n) is 10.0. The van der Waals surface area contributed by atoms with Gasteiger partial charge in [0, 0.05) is 5.56 Å². The van der Waals surface area contributed by atoms with Crippen LogP contribution in [0.15, 0.2) is 30.3 Å². The number of phenols is 1. The molecular weight excluding hydrogens is 283 g/mol. The number of aromatic hydroxyl groups is 1. The molecule has 2 N–H and O–H groups in total. The standard InChI is InChI=1S/C14H10Cl2N2O/c1-7-4-8(19)2-3-9(7)14-17-12-5-10(15)11(16)6-13(12)18-14/h2-6,19H,1H3,(H,17,18). The zero-order valence-corrected chi connectivity index (χ0v) is 11.5. The second kappa shape index (κ2) is 4.44. The first-order valence-corrected chi connectivity index (χ1v) is 6.45. The highest BCUT2D eigenvalue weighted by molar-refractivity contribution is 6.42. The van der Waals surface area contributed by atoms with Crippen molar-refractivity contribution in [3.63, 3.8) is 0 Å². The fourth-order valence-corrected chi connectivity index (χ4v) is 2.37. The molecule has 96 valence electrons. The second-order valence-corrected chi connectivity index (χ2v) is 5.18. The Labute approximate surface area is 119 Å². The first-order valence-electron chi connectivity index (χ1n) is 5.69. The predicted octanol–water partition coefficient (Wildman–Crippen LogP) is 4.55. The number of phenolic OH excluding ortho intramolecular Hbond substituents is 1. The van der Waals surface area contributed by atoms with Crippen LogP contribution < -0.4 is 0 Å². The van der Waals surface area contributed by atoms with E-state index >= 15 is 0 Å². The van der Waals surface area contributed by atoms with Crippen LogP contribution in [-0.4, -0.2) is 15.1 Å². The van der Waals surface area contributed by atoms with E-state index < -0.39 is 0 Å². The lowest BCUT2D eigenvalue weighted by atomic mass is 10.1. The zero-order chi connectivity index (χ0) is 13.6. The molecule has 0 bridgehead atoms. The van der Waals surface area contributed by atoms with Crippen LogP contribution in [0.3, 0.4) is 0 Å². The average Bonchev–Trinajstić information content (AvgIpc) is 2.72. The molecule has 19 heavy (non-hydrogen) atoms. The molecule has 0 aliphatic heterocycles. The van der Waals surface area contributed by atoms with Gasteiger partial charge in [0.1, 0.15) is 11.6 Å². The largest absolute Gasteiger partial charge is 0.508 e. The Morgan fingerprint density at radius 2 is 1.84 bits per heavy atom. The van der Waals surface area contributed by atoms with E-state index in [9.17, 15) is 5.11 Å². The summed E-state index contributed by atoms with van der Waals surface area (Å²) < 4.78 is 0. The maximum atomic E-state index is 9.43. The van der Waals surface area contributed by atoms with Gasteiger partial charge in [-0.15, -0.1) is 0 Å². The smallest absolute Gasteiger partial charge is 0.138 e. The quantitative estimate of drug-likeness (QED) is 0.691. The fraction of sp³-hybridized carbons (Fsp3) is 0.0714. The number of fused-ring (bicyclic) bond motifs is 1. The number of rotatable bonds is 1. The van der Waals surface area contributed by atoms with E-state index in [2.05, 4.69) is 9.97 Å². The molecule has 1 aromatic heterocycles. The first kappa shape index (κ1) is 12.3. The Morgan fingerprint density at radius 1 is 1.11 bits per heavy atom. The lowest BCUT2D eigenvalue weighted by molar-refractivity contribution is 0.475. The number of halogens is 2. The van der Waals surface area contributed by atoms with Crippen molar-refractivity contribution >= 4 is 34.2 Å². The third kappa shape index (κ3) is 2.15. The molecule has 1 heterocycles. The molecule has 0 atom stereocenters. The lowest BCUT2D eigenvalue weighted by Crippen LogP contribution is -1.84. The van der Waals surface area contributed by atoms with Crippen molar-refractivity contribution in [3.8, 4) is 17.1 Å². The summed E-state index contributed by atoms with van der Waals surface area (Å²) in [6.07, 6.45) is 0. The van der Waals surface area contributed by atoms with Crippen molar-refractivity contribution in [1.82, 2.24) is 9.97 Å². The van der Waals surface area contributed by atoms with Gasteiger partial charge in [-0.3, -0.25) is 0 Å². The Kier molecular flexibility index (Phi) is 2.88. The van der Waals surface area contributed by atoms with Gasteiger partial charge >= 0.3 is 0 Å². The van der Waals surface area contributed by atoms with Crippen LogP contribution in [0.1, 0.15) is 5.56 Å². The third-order valence-corrected chi connectivity index (χ3v) is 3.71. The maximum absolute atomic E-state index is 9.43. The predicted molar refractivity (Wildman–Crippen MR) is 78.0 cm³/mol. The average molecular weight is 293 g/mol. The van der Waals surface area contributed by atoms with Crippen LogP contribution in [0, 0.1) is 6.92 Å². The molecule has 2 aromatic carbocycles. The van der Waals surface area contributed by atoms with Crippen LogP contribution in [0.25, 0.3) is 22.4 Å². The highest BCUT2D eigenvalue weighted by Gasteiger charge is 2.10. The van der Waals surface area contributed by atoms with Crippen LogP contribution in [-0.2, 0) is 0 Å². The molecule has 0 fully saturated rings. The summed E-state index contributed by atoms with van der Waals surface area (Å²) in [5.74, 6) is 0.967. The van der Waals surface area contributed by atoms with Gasteiger partial charge in [-0.2, -0.15) is 0 Å². The molecule has 3 rings (SSSR count). The maximum Gasteiger partial charge on any atom is 0.138 e. The third-order valence-electron chi connectivity index (χ3n) is 2.99. The van der Waals surface area contributed by atoms with Gasteiger partial charge < -0.3 is 10.1 Å². The molecule has 5 heteroatoms. The number of aromatic nitrogens is 2. The molecule has 0 saturated carbocycles. The number of nitrogens with zero attached hydrogens (tertiary/aromatic N) is 1.